The molecule has 0 radical (unpaired) electrons. The Bertz CT molecular complexity index is 627. The lowest BCUT2D eigenvalue weighted by molar-refractivity contribution is 0.160. The highest BCUT2D eigenvalue weighted by Gasteiger charge is 2.27. The van der Waals surface area contributed by atoms with Crippen molar-refractivity contribution in [2.24, 2.45) is 0 Å². The maximum atomic E-state index is 5.68. The molecule has 1 saturated heterocycles. The highest BCUT2D eigenvalue weighted by Crippen LogP contribution is 2.21. The van der Waals surface area contributed by atoms with E-state index >= 15 is 0 Å². The van der Waals surface area contributed by atoms with Crippen LogP contribution in [0.3, 0.4) is 0 Å². The Hall–Kier alpha value is -1.28. The lowest BCUT2D eigenvalue weighted by Crippen LogP contribution is -2.36. The van der Waals surface area contributed by atoms with Gasteiger partial charge in [0.25, 0.3) is 0 Å². The highest BCUT2D eigenvalue weighted by molar-refractivity contribution is 7.09. The van der Waals surface area contributed by atoms with Gasteiger partial charge in [0.1, 0.15) is 10.8 Å². The van der Waals surface area contributed by atoms with Crippen LogP contribution in [0.25, 0.3) is 0 Å². The monoisotopic (exact) mass is 336 g/mol. The summed E-state index contributed by atoms with van der Waals surface area (Å²) >= 11 is 1.66. The number of ether oxygens (including phenoxy) is 1. The van der Waals surface area contributed by atoms with Gasteiger partial charge in [-0.25, -0.2) is 9.97 Å². The van der Waals surface area contributed by atoms with Crippen molar-refractivity contribution in [1.29, 1.82) is 0 Å². The molecule has 6 nitrogen and oxygen atoms in total. The molecule has 3 heterocycles. The van der Waals surface area contributed by atoms with Crippen molar-refractivity contribution in [2.45, 2.75) is 39.1 Å². The highest BCUT2D eigenvalue weighted by atomic mass is 32.1. The molecule has 2 aromatic rings. The number of hydrogen-bond acceptors (Lipinski definition) is 7. The van der Waals surface area contributed by atoms with Crippen molar-refractivity contribution in [2.75, 3.05) is 27.2 Å². The minimum absolute atomic E-state index is 0.514. The first-order valence-corrected chi connectivity index (χ1v) is 8.78. The van der Waals surface area contributed by atoms with E-state index in [-0.39, 0.29) is 0 Å². The molecule has 3 rings (SSSR count). The van der Waals surface area contributed by atoms with Crippen LogP contribution in [0.4, 0.5) is 0 Å². The zero-order chi connectivity index (χ0) is 16.2. The van der Waals surface area contributed by atoms with Crippen LogP contribution in [0.5, 0.6) is 0 Å². The number of likely N-dealkylation sites (tertiary alicyclic amines) is 1. The topological polar surface area (TPSA) is 54.6 Å². The van der Waals surface area contributed by atoms with Crippen LogP contribution in [0.1, 0.15) is 28.8 Å². The Morgan fingerprint density at radius 1 is 1.48 bits per heavy atom. The fourth-order valence-electron chi connectivity index (χ4n) is 2.99. The number of methoxy groups -OCH3 is 1. The Labute approximate surface area is 141 Å². The van der Waals surface area contributed by atoms with Gasteiger partial charge in [-0.05, 0) is 26.9 Å². The van der Waals surface area contributed by atoms with Gasteiger partial charge in [-0.2, -0.15) is 0 Å². The van der Waals surface area contributed by atoms with Gasteiger partial charge >= 0.3 is 0 Å². The summed E-state index contributed by atoms with van der Waals surface area (Å²) in [5.74, 6) is 1.64. The predicted octanol–water partition coefficient (Wildman–Crippen LogP) is 2.29. The second kappa shape index (κ2) is 7.53. The number of aryl methyl sites for hydroxylation is 1. The van der Waals surface area contributed by atoms with Gasteiger partial charge < -0.3 is 14.1 Å². The fourth-order valence-corrected chi connectivity index (χ4v) is 3.75. The van der Waals surface area contributed by atoms with Gasteiger partial charge in [0.2, 0.25) is 5.89 Å². The van der Waals surface area contributed by atoms with Crippen molar-refractivity contribution < 1.29 is 9.15 Å². The van der Waals surface area contributed by atoms with Crippen LogP contribution in [0.2, 0.25) is 0 Å². The second-order valence-electron chi connectivity index (χ2n) is 6.14. The first kappa shape index (κ1) is 16.6. The van der Waals surface area contributed by atoms with Crippen molar-refractivity contribution in [3.05, 3.63) is 33.9 Å². The number of thiazole rings is 1. The van der Waals surface area contributed by atoms with Gasteiger partial charge in [0.05, 0.1) is 25.0 Å². The molecule has 0 N–H and O–H groups in total. The standard InChI is InChI=1S/C16H24N4O2S/c1-12-6-17-15(22-12)9-20(14-4-5-19(2)8-14)7-13-11-23-16(18-13)10-21-3/h6,11,14H,4-5,7-10H2,1-3H3/t14-/m1/s1. The van der Waals surface area contributed by atoms with Crippen LogP contribution < -0.4 is 0 Å². The van der Waals surface area contributed by atoms with Gasteiger partial charge in [0.15, 0.2) is 0 Å². The third-order valence-corrected chi connectivity index (χ3v) is 4.99. The van der Waals surface area contributed by atoms with E-state index in [9.17, 15) is 0 Å². The number of likely N-dealkylation sites (N-methyl/N-ethyl adjacent to an activating group) is 1. The summed E-state index contributed by atoms with van der Waals surface area (Å²) in [6.07, 6.45) is 2.96. The summed E-state index contributed by atoms with van der Waals surface area (Å²) in [4.78, 5) is 13.8. The maximum Gasteiger partial charge on any atom is 0.208 e. The average molecular weight is 336 g/mol. The van der Waals surface area contributed by atoms with E-state index < -0.39 is 0 Å². The lowest BCUT2D eigenvalue weighted by atomic mass is 10.2. The van der Waals surface area contributed by atoms with E-state index in [0.29, 0.717) is 12.6 Å². The fraction of sp³-hybridized carbons (Fsp3) is 0.625. The van der Waals surface area contributed by atoms with E-state index in [1.165, 1.54) is 6.42 Å². The molecule has 7 heteroatoms. The van der Waals surface area contributed by atoms with Crippen LogP contribution in [0.15, 0.2) is 16.0 Å². The Kier molecular flexibility index (Phi) is 5.42. The van der Waals surface area contributed by atoms with E-state index in [4.69, 9.17) is 9.15 Å². The predicted molar refractivity (Wildman–Crippen MR) is 89.2 cm³/mol. The summed E-state index contributed by atoms with van der Waals surface area (Å²) in [5, 5.41) is 3.15. The second-order valence-corrected chi connectivity index (χ2v) is 7.08. The van der Waals surface area contributed by atoms with E-state index in [1.807, 2.05) is 6.92 Å². The maximum absolute atomic E-state index is 5.68. The summed E-state index contributed by atoms with van der Waals surface area (Å²) in [7, 11) is 3.87. The molecule has 1 fully saturated rings. The summed E-state index contributed by atoms with van der Waals surface area (Å²) < 4.78 is 10.8. The molecule has 1 aliphatic rings. The lowest BCUT2D eigenvalue weighted by Gasteiger charge is -2.26. The van der Waals surface area contributed by atoms with Crippen LogP contribution in [-0.2, 0) is 24.4 Å². The minimum atomic E-state index is 0.514. The van der Waals surface area contributed by atoms with Gasteiger partial charge in [-0.3, -0.25) is 4.90 Å². The van der Waals surface area contributed by atoms with Gasteiger partial charge in [0, 0.05) is 31.6 Å². The van der Waals surface area contributed by atoms with Crippen molar-refractivity contribution in [3.63, 3.8) is 0 Å². The molecule has 0 spiro atoms. The molecule has 0 bridgehead atoms. The molecular formula is C16H24N4O2S. The number of rotatable bonds is 7. The summed E-state index contributed by atoms with van der Waals surface area (Å²) in [6.45, 7) is 6.27. The van der Waals surface area contributed by atoms with Crippen LogP contribution in [-0.4, -0.2) is 53.1 Å². The quantitative estimate of drug-likeness (QED) is 0.773. The Balaban J connectivity index is 1.71. The van der Waals surface area contributed by atoms with E-state index in [0.717, 1.165) is 48.5 Å². The summed E-state index contributed by atoms with van der Waals surface area (Å²) in [6, 6.07) is 0.514. The molecule has 0 saturated carbocycles. The molecular weight excluding hydrogens is 312 g/mol. The van der Waals surface area contributed by atoms with Crippen molar-refractivity contribution in [3.8, 4) is 0 Å². The minimum Gasteiger partial charge on any atom is -0.445 e. The molecule has 1 aliphatic heterocycles. The molecule has 126 valence electrons. The molecule has 2 aromatic heterocycles. The molecule has 0 aliphatic carbocycles. The zero-order valence-electron chi connectivity index (χ0n) is 14.0. The average Bonchev–Trinajstić information content (AvgIpc) is 3.22. The van der Waals surface area contributed by atoms with E-state index in [1.54, 1.807) is 24.6 Å². The molecule has 0 unspecified atom stereocenters. The third-order valence-electron chi connectivity index (χ3n) is 4.12. The largest absolute Gasteiger partial charge is 0.445 e. The van der Waals surface area contributed by atoms with E-state index in [2.05, 4.69) is 32.2 Å². The van der Waals surface area contributed by atoms with Crippen molar-refractivity contribution in [1.82, 2.24) is 19.8 Å². The molecule has 0 amide bonds. The first-order chi connectivity index (χ1) is 11.1. The summed E-state index contributed by atoms with van der Waals surface area (Å²) in [5.41, 5.74) is 1.10. The van der Waals surface area contributed by atoms with Crippen LogP contribution in [0, 0.1) is 6.92 Å². The third kappa shape index (κ3) is 4.38. The number of oxazole rings is 1. The van der Waals surface area contributed by atoms with Crippen molar-refractivity contribution >= 4 is 11.3 Å². The number of nitrogens with zero attached hydrogens (tertiary/aromatic N) is 4. The smallest absolute Gasteiger partial charge is 0.208 e. The number of aromatic nitrogens is 2. The molecule has 0 aromatic carbocycles. The SMILES string of the molecule is COCc1nc(CN(Cc2ncc(C)o2)[C@@H]2CCN(C)C2)cs1. The number of hydrogen-bond donors (Lipinski definition) is 0. The zero-order valence-corrected chi connectivity index (χ0v) is 14.8. The Morgan fingerprint density at radius 2 is 2.35 bits per heavy atom. The van der Waals surface area contributed by atoms with Gasteiger partial charge in [-0.15, -0.1) is 11.3 Å². The van der Waals surface area contributed by atoms with Gasteiger partial charge in [-0.1, -0.05) is 0 Å². The Morgan fingerprint density at radius 3 is 3.00 bits per heavy atom. The normalized spacial score (nSPS) is 19.0. The van der Waals surface area contributed by atoms with Crippen LogP contribution >= 0.6 is 11.3 Å². The molecule has 23 heavy (non-hydrogen) atoms. The molecule has 1 atom stereocenters. The first-order valence-electron chi connectivity index (χ1n) is 7.90.